The van der Waals surface area contributed by atoms with Crippen LogP contribution in [0.3, 0.4) is 0 Å². The van der Waals surface area contributed by atoms with Gasteiger partial charge in [-0.1, -0.05) is 30.3 Å². The molecular formula is C17H13NO2S. The molecule has 1 aliphatic heterocycles. The van der Waals surface area contributed by atoms with Crippen LogP contribution in [0.2, 0.25) is 0 Å². The molecule has 1 N–H and O–H groups in total. The Balaban J connectivity index is 2.07. The largest absolute Gasteiger partial charge is 0.288 e. The molecule has 21 heavy (non-hydrogen) atoms. The first-order chi connectivity index (χ1) is 10.2. The lowest BCUT2D eigenvalue weighted by atomic mass is 9.93. The van der Waals surface area contributed by atoms with Crippen LogP contribution < -0.4 is 5.32 Å². The van der Waals surface area contributed by atoms with Gasteiger partial charge >= 0.3 is 0 Å². The molecular weight excluding hydrogens is 282 g/mol. The second-order valence-electron chi connectivity index (χ2n) is 4.66. The molecule has 2 aromatic rings. The highest BCUT2D eigenvalue weighted by atomic mass is 32.2. The van der Waals surface area contributed by atoms with Crippen LogP contribution in [-0.4, -0.2) is 18.1 Å². The van der Waals surface area contributed by atoms with Gasteiger partial charge < -0.3 is 0 Å². The Morgan fingerprint density at radius 3 is 2.24 bits per heavy atom. The van der Waals surface area contributed by atoms with E-state index in [1.807, 2.05) is 42.7 Å². The van der Waals surface area contributed by atoms with E-state index in [0.29, 0.717) is 16.7 Å². The van der Waals surface area contributed by atoms with Gasteiger partial charge in [-0.25, -0.2) is 0 Å². The number of hydrogen-bond acceptors (Lipinski definition) is 3. The zero-order valence-electron chi connectivity index (χ0n) is 11.4. The van der Waals surface area contributed by atoms with Gasteiger partial charge in [0.1, 0.15) is 0 Å². The predicted octanol–water partition coefficient (Wildman–Crippen LogP) is 3.22. The van der Waals surface area contributed by atoms with Crippen LogP contribution in [-0.2, 0) is 4.79 Å². The molecule has 104 valence electrons. The number of carbonyl (C=O) groups is 2. The van der Waals surface area contributed by atoms with E-state index in [9.17, 15) is 9.59 Å². The van der Waals surface area contributed by atoms with Gasteiger partial charge in [-0.15, -0.1) is 11.8 Å². The number of nitrogens with one attached hydrogen (secondary N) is 1. The topological polar surface area (TPSA) is 46.2 Å². The number of imide groups is 1. The molecule has 0 spiro atoms. The predicted molar refractivity (Wildman–Crippen MR) is 85.0 cm³/mol. The van der Waals surface area contributed by atoms with Crippen molar-refractivity contribution in [2.24, 2.45) is 0 Å². The second-order valence-corrected chi connectivity index (χ2v) is 5.54. The first kappa shape index (κ1) is 13.6. The number of rotatable bonds is 2. The van der Waals surface area contributed by atoms with Gasteiger partial charge in [0, 0.05) is 16.0 Å². The van der Waals surface area contributed by atoms with E-state index >= 15 is 0 Å². The van der Waals surface area contributed by atoms with Crippen molar-refractivity contribution in [1.29, 1.82) is 0 Å². The number of thioether (sulfide) groups is 1. The fourth-order valence-electron chi connectivity index (χ4n) is 2.29. The lowest BCUT2D eigenvalue weighted by molar-refractivity contribution is -0.114. The number of carbonyl (C=O) groups excluding carboxylic acids is 2. The summed E-state index contributed by atoms with van der Waals surface area (Å²) in [6.07, 6.45) is 3.83. The summed E-state index contributed by atoms with van der Waals surface area (Å²) in [7, 11) is 0. The first-order valence-corrected chi connectivity index (χ1v) is 7.72. The minimum absolute atomic E-state index is 0.342. The smallest absolute Gasteiger partial charge is 0.258 e. The van der Waals surface area contributed by atoms with E-state index in [-0.39, 0.29) is 11.8 Å². The van der Waals surface area contributed by atoms with Crippen LogP contribution in [0.1, 0.15) is 21.5 Å². The van der Waals surface area contributed by atoms with E-state index in [0.717, 1.165) is 5.56 Å². The summed E-state index contributed by atoms with van der Waals surface area (Å²) in [4.78, 5) is 25.1. The summed E-state index contributed by atoms with van der Waals surface area (Å²) < 4.78 is 0. The third kappa shape index (κ3) is 2.62. The number of amides is 2. The molecule has 2 aromatic carbocycles. The molecule has 0 saturated heterocycles. The van der Waals surface area contributed by atoms with E-state index in [1.54, 1.807) is 30.0 Å². The summed E-state index contributed by atoms with van der Waals surface area (Å²) >= 11 is 1.67. The van der Waals surface area contributed by atoms with Gasteiger partial charge in [0.05, 0.1) is 0 Å². The zero-order valence-corrected chi connectivity index (χ0v) is 12.2. The molecule has 0 bridgehead atoms. The van der Waals surface area contributed by atoms with E-state index in [4.69, 9.17) is 0 Å². The highest BCUT2D eigenvalue weighted by Crippen LogP contribution is 2.26. The molecule has 3 rings (SSSR count). The molecule has 0 fully saturated rings. The van der Waals surface area contributed by atoms with Gasteiger partial charge in [0.15, 0.2) is 0 Å². The Labute approximate surface area is 127 Å². The monoisotopic (exact) mass is 295 g/mol. The lowest BCUT2D eigenvalue weighted by Crippen LogP contribution is -2.36. The number of benzene rings is 2. The SMILES string of the molecule is CSc1ccc(C=C2C(=O)NC(=O)c3ccccc32)cc1. The first-order valence-electron chi connectivity index (χ1n) is 6.50. The maximum atomic E-state index is 12.1. The van der Waals surface area contributed by atoms with Gasteiger partial charge in [-0.05, 0) is 41.7 Å². The van der Waals surface area contributed by atoms with Crippen molar-refractivity contribution in [2.75, 3.05) is 6.26 Å². The van der Waals surface area contributed by atoms with Gasteiger partial charge in [-0.3, -0.25) is 14.9 Å². The van der Waals surface area contributed by atoms with Crippen molar-refractivity contribution in [3.8, 4) is 0 Å². The fourth-order valence-corrected chi connectivity index (χ4v) is 2.69. The summed E-state index contributed by atoms with van der Waals surface area (Å²) in [5, 5.41) is 2.38. The lowest BCUT2D eigenvalue weighted by Gasteiger charge is -2.18. The summed E-state index contributed by atoms with van der Waals surface area (Å²) in [5.74, 6) is -0.696. The molecule has 2 amide bonds. The minimum atomic E-state index is -0.354. The molecule has 0 unspecified atom stereocenters. The molecule has 4 heteroatoms. The van der Waals surface area contributed by atoms with Crippen molar-refractivity contribution in [2.45, 2.75) is 4.90 Å². The van der Waals surface area contributed by atoms with Crippen molar-refractivity contribution in [3.63, 3.8) is 0 Å². The zero-order chi connectivity index (χ0) is 14.8. The second kappa shape index (κ2) is 5.58. The van der Waals surface area contributed by atoms with Crippen LogP contribution in [0.25, 0.3) is 11.6 Å². The van der Waals surface area contributed by atoms with Crippen LogP contribution in [0.15, 0.2) is 53.4 Å². The Morgan fingerprint density at radius 2 is 1.57 bits per heavy atom. The third-order valence-electron chi connectivity index (χ3n) is 3.36. The Morgan fingerprint density at radius 1 is 0.905 bits per heavy atom. The molecule has 0 atom stereocenters. The summed E-state index contributed by atoms with van der Waals surface area (Å²) in [5.41, 5.74) is 2.66. The van der Waals surface area contributed by atoms with Crippen molar-refractivity contribution >= 4 is 35.2 Å². The average molecular weight is 295 g/mol. The highest BCUT2D eigenvalue weighted by Gasteiger charge is 2.26. The van der Waals surface area contributed by atoms with Crippen LogP contribution in [0.5, 0.6) is 0 Å². The van der Waals surface area contributed by atoms with Gasteiger partial charge in [0.25, 0.3) is 11.8 Å². The highest BCUT2D eigenvalue weighted by molar-refractivity contribution is 7.98. The maximum Gasteiger partial charge on any atom is 0.258 e. The number of fused-ring (bicyclic) bond motifs is 1. The molecule has 3 nitrogen and oxygen atoms in total. The normalized spacial score (nSPS) is 15.8. The van der Waals surface area contributed by atoms with Crippen LogP contribution in [0.4, 0.5) is 0 Å². The van der Waals surface area contributed by atoms with E-state index in [2.05, 4.69) is 5.32 Å². The third-order valence-corrected chi connectivity index (χ3v) is 4.10. The van der Waals surface area contributed by atoms with Crippen LogP contribution >= 0.6 is 11.8 Å². The molecule has 0 aromatic heterocycles. The van der Waals surface area contributed by atoms with Crippen molar-refractivity contribution < 1.29 is 9.59 Å². The fraction of sp³-hybridized carbons (Fsp3) is 0.0588. The standard InChI is InChI=1S/C17H13NO2S/c1-21-12-8-6-11(7-9-12)10-15-13-4-2-3-5-14(13)16(19)18-17(15)20/h2-10H,1H3,(H,18,19,20). The number of hydrogen-bond donors (Lipinski definition) is 1. The molecule has 0 radical (unpaired) electrons. The summed E-state index contributed by atoms with van der Waals surface area (Å²) in [6, 6.07) is 15.1. The maximum absolute atomic E-state index is 12.1. The quantitative estimate of drug-likeness (QED) is 0.525. The molecule has 1 heterocycles. The minimum Gasteiger partial charge on any atom is -0.288 e. The van der Waals surface area contributed by atoms with E-state index < -0.39 is 0 Å². The Kier molecular flexibility index (Phi) is 3.62. The van der Waals surface area contributed by atoms with Crippen LogP contribution in [0, 0.1) is 0 Å². The average Bonchev–Trinajstić information content (AvgIpc) is 2.52. The molecule has 0 saturated carbocycles. The van der Waals surface area contributed by atoms with Crippen molar-refractivity contribution in [3.05, 3.63) is 65.2 Å². The Bertz CT molecular complexity index is 748. The van der Waals surface area contributed by atoms with Gasteiger partial charge in [0.2, 0.25) is 0 Å². The van der Waals surface area contributed by atoms with Gasteiger partial charge in [-0.2, -0.15) is 0 Å². The summed E-state index contributed by atoms with van der Waals surface area (Å²) in [6.45, 7) is 0. The van der Waals surface area contributed by atoms with Crippen molar-refractivity contribution in [1.82, 2.24) is 5.32 Å². The molecule has 1 aliphatic rings. The molecule has 0 aliphatic carbocycles. The Hall–Kier alpha value is -2.33. The van der Waals surface area contributed by atoms with E-state index in [1.165, 1.54) is 4.90 Å².